The lowest BCUT2D eigenvalue weighted by Gasteiger charge is -2.34. The van der Waals surface area contributed by atoms with Crippen LogP contribution in [0, 0.1) is 0 Å². The SMILES string of the molecule is COc1ccc(CCNC(=NCC(=O)N(C)C)NC2CCN(c3ccccc3)CC2)cc1. The second-order valence-electron chi connectivity index (χ2n) is 8.22. The Labute approximate surface area is 191 Å². The zero-order valence-corrected chi connectivity index (χ0v) is 19.4. The van der Waals surface area contributed by atoms with E-state index in [-0.39, 0.29) is 12.5 Å². The van der Waals surface area contributed by atoms with Gasteiger partial charge in [0.2, 0.25) is 5.91 Å². The lowest BCUT2D eigenvalue weighted by atomic mass is 10.0. The minimum atomic E-state index is -0.0137. The smallest absolute Gasteiger partial charge is 0.243 e. The van der Waals surface area contributed by atoms with Crippen molar-refractivity contribution in [1.29, 1.82) is 0 Å². The van der Waals surface area contributed by atoms with Gasteiger partial charge in [-0.05, 0) is 49.1 Å². The van der Waals surface area contributed by atoms with E-state index in [2.05, 4.69) is 56.9 Å². The first-order chi connectivity index (χ1) is 15.5. The molecule has 172 valence electrons. The Balaban J connectivity index is 1.53. The van der Waals surface area contributed by atoms with Crippen molar-refractivity contribution in [1.82, 2.24) is 15.5 Å². The van der Waals surface area contributed by atoms with Gasteiger partial charge in [-0.25, -0.2) is 4.99 Å². The van der Waals surface area contributed by atoms with Crippen LogP contribution in [0.15, 0.2) is 59.6 Å². The van der Waals surface area contributed by atoms with Crippen molar-refractivity contribution in [3.05, 3.63) is 60.2 Å². The molecule has 0 aromatic heterocycles. The largest absolute Gasteiger partial charge is 0.497 e. The minimum Gasteiger partial charge on any atom is -0.497 e. The predicted molar refractivity (Wildman–Crippen MR) is 131 cm³/mol. The number of hydrogen-bond acceptors (Lipinski definition) is 4. The van der Waals surface area contributed by atoms with E-state index in [1.165, 1.54) is 11.3 Å². The molecule has 0 radical (unpaired) electrons. The first-order valence-corrected chi connectivity index (χ1v) is 11.2. The van der Waals surface area contributed by atoms with Crippen LogP contribution in [-0.4, -0.2) is 70.2 Å². The number of carbonyl (C=O) groups excluding carboxylic acids is 1. The minimum absolute atomic E-state index is 0.0137. The van der Waals surface area contributed by atoms with Crippen LogP contribution in [0.2, 0.25) is 0 Å². The maximum atomic E-state index is 12.0. The summed E-state index contributed by atoms with van der Waals surface area (Å²) in [6, 6.07) is 18.9. The molecule has 0 aliphatic carbocycles. The van der Waals surface area contributed by atoms with Crippen molar-refractivity contribution in [3.63, 3.8) is 0 Å². The fraction of sp³-hybridized carbons (Fsp3) is 0.440. The summed E-state index contributed by atoms with van der Waals surface area (Å²) in [6.45, 7) is 2.86. The highest BCUT2D eigenvalue weighted by Crippen LogP contribution is 2.19. The van der Waals surface area contributed by atoms with Crippen molar-refractivity contribution in [2.45, 2.75) is 25.3 Å². The third-order valence-electron chi connectivity index (χ3n) is 5.69. The molecule has 0 atom stereocenters. The summed E-state index contributed by atoms with van der Waals surface area (Å²) in [6.07, 6.45) is 2.91. The molecule has 0 spiro atoms. The van der Waals surface area contributed by atoms with Crippen molar-refractivity contribution >= 4 is 17.6 Å². The van der Waals surface area contributed by atoms with Crippen molar-refractivity contribution in [2.24, 2.45) is 4.99 Å². The Bertz CT molecular complexity index is 860. The molecule has 1 aliphatic heterocycles. The number of amides is 1. The first-order valence-electron chi connectivity index (χ1n) is 11.2. The predicted octanol–water partition coefficient (Wildman–Crippen LogP) is 2.53. The van der Waals surface area contributed by atoms with E-state index >= 15 is 0 Å². The van der Waals surface area contributed by atoms with Gasteiger partial charge in [0.05, 0.1) is 7.11 Å². The Kier molecular flexibility index (Phi) is 8.78. The molecule has 7 heteroatoms. The van der Waals surface area contributed by atoms with Crippen LogP contribution >= 0.6 is 0 Å². The van der Waals surface area contributed by atoms with E-state index in [1.807, 2.05) is 18.2 Å². The summed E-state index contributed by atoms with van der Waals surface area (Å²) in [4.78, 5) is 20.6. The zero-order chi connectivity index (χ0) is 22.8. The molecular formula is C25H35N5O2. The number of nitrogens with one attached hydrogen (secondary N) is 2. The topological polar surface area (TPSA) is 69.2 Å². The van der Waals surface area contributed by atoms with Gasteiger partial charge in [0, 0.05) is 45.5 Å². The van der Waals surface area contributed by atoms with Gasteiger partial charge in [-0.1, -0.05) is 30.3 Å². The summed E-state index contributed by atoms with van der Waals surface area (Å²) in [7, 11) is 5.17. The summed E-state index contributed by atoms with van der Waals surface area (Å²) >= 11 is 0. The van der Waals surface area contributed by atoms with Crippen LogP contribution in [0.5, 0.6) is 5.75 Å². The first kappa shape index (κ1) is 23.4. The van der Waals surface area contributed by atoms with Crippen molar-refractivity contribution in [3.8, 4) is 5.75 Å². The third kappa shape index (κ3) is 7.18. The van der Waals surface area contributed by atoms with Crippen molar-refractivity contribution < 1.29 is 9.53 Å². The number of nitrogens with zero attached hydrogens (tertiary/aromatic N) is 3. The summed E-state index contributed by atoms with van der Waals surface area (Å²) < 4.78 is 5.22. The third-order valence-corrected chi connectivity index (χ3v) is 5.69. The fourth-order valence-corrected chi connectivity index (χ4v) is 3.67. The molecule has 2 aromatic carbocycles. The molecule has 3 rings (SSSR count). The molecule has 1 saturated heterocycles. The molecule has 0 bridgehead atoms. The fourth-order valence-electron chi connectivity index (χ4n) is 3.67. The molecular weight excluding hydrogens is 402 g/mol. The number of para-hydroxylation sites is 1. The van der Waals surface area contributed by atoms with Gasteiger partial charge < -0.3 is 25.2 Å². The van der Waals surface area contributed by atoms with E-state index < -0.39 is 0 Å². The molecule has 1 amide bonds. The zero-order valence-electron chi connectivity index (χ0n) is 19.4. The number of ether oxygens (including phenoxy) is 1. The van der Waals surface area contributed by atoms with Gasteiger partial charge in [0.25, 0.3) is 0 Å². The molecule has 1 fully saturated rings. The maximum Gasteiger partial charge on any atom is 0.243 e. The molecule has 0 saturated carbocycles. The number of carbonyl (C=O) groups is 1. The molecule has 32 heavy (non-hydrogen) atoms. The van der Waals surface area contributed by atoms with E-state index in [0.29, 0.717) is 12.0 Å². The quantitative estimate of drug-likeness (QED) is 0.491. The number of methoxy groups -OCH3 is 1. The number of aliphatic imine (C=N–C) groups is 1. The highest BCUT2D eigenvalue weighted by Gasteiger charge is 2.20. The van der Waals surface area contributed by atoms with E-state index in [4.69, 9.17) is 4.74 Å². The highest BCUT2D eigenvalue weighted by molar-refractivity contribution is 5.85. The van der Waals surface area contributed by atoms with Crippen LogP contribution in [0.3, 0.4) is 0 Å². The van der Waals surface area contributed by atoms with Gasteiger partial charge in [0.1, 0.15) is 12.3 Å². The number of anilines is 1. The van der Waals surface area contributed by atoms with E-state index in [9.17, 15) is 4.79 Å². The number of benzene rings is 2. The van der Waals surface area contributed by atoms with Gasteiger partial charge in [-0.15, -0.1) is 0 Å². The summed E-state index contributed by atoms with van der Waals surface area (Å²) in [5.74, 6) is 1.54. The Morgan fingerprint density at radius 3 is 2.41 bits per heavy atom. The molecule has 1 aliphatic rings. The molecule has 2 aromatic rings. The van der Waals surface area contributed by atoms with E-state index in [0.717, 1.165) is 44.6 Å². The average Bonchev–Trinajstić information content (AvgIpc) is 2.83. The van der Waals surface area contributed by atoms with Gasteiger partial charge in [0.15, 0.2) is 5.96 Å². The Morgan fingerprint density at radius 2 is 1.78 bits per heavy atom. The van der Waals surface area contributed by atoms with Crippen LogP contribution in [-0.2, 0) is 11.2 Å². The maximum absolute atomic E-state index is 12.0. The van der Waals surface area contributed by atoms with Gasteiger partial charge >= 0.3 is 0 Å². The number of hydrogen-bond donors (Lipinski definition) is 2. The number of piperidine rings is 1. The van der Waals surface area contributed by atoms with Crippen LogP contribution < -0.4 is 20.3 Å². The highest BCUT2D eigenvalue weighted by atomic mass is 16.5. The Morgan fingerprint density at radius 1 is 1.09 bits per heavy atom. The Hall–Kier alpha value is -3.22. The average molecular weight is 438 g/mol. The van der Waals surface area contributed by atoms with Gasteiger partial charge in [-0.3, -0.25) is 4.79 Å². The second-order valence-corrected chi connectivity index (χ2v) is 8.22. The molecule has 7 nitrogen and oxygen atoms in total. The summed E-state index contributed by atoms with van der Waals surface area (Å²) in [5, 5.41) is 6.95. The number of likely N-dealkylation sites (N-methyl/N-ethyl adjacent to an activating group) is 1. The summed E-state index contributed by atoms with van der Waals surface area (Å²) in [5.41, 5.74) is 2.49. The second kappa shape index (κ2) is 12.0. The standard InChI is InChI=1S/C25H35N5O2/c1-29(2)24(31)19-27-25(26-16-13-20-9-11-23(32-3)12-10-20)28-21-14-17-30(18-15-21)22-7-5-4-6-8-22/h4-12,21H,13-19H2,1-3H3,(H2,26,27,28). The van der Waals surface area contributed by atoms with Crippen LogP contribution in [0.4, 0.5) is 5.69 Å². The lowest BCUT2D eigenvalue weighted by molar-refractivity contribution is -0.127. The number of guanidine groups is 1. The van der Waals surface area contributed by atoms with Gasteiger partial charge in [-0.2, -0.15) is 0 Å². The molecule has 2 N–H and O–H groups in total. The lowest BCUT2D eigenvalue weighted by Crippen LogP contribution is -2.49. The van der Waals surface area contributed by atoms with Crippen molar-refractivity contribution in [2.75, 3.05) is 52.3 Å². The van der Waals surface area contributed by atoms with E-state index in [1.54, 1.807) is 26.1 Å². The van der Waals surface area contributed by atoms with Crippen LogP contribution in [0.1, 0.15) is 18.4 Å². The monoisotopic (exact) mass is 437 g/mol. The molecule has 1 heterocycles. The molecule has 0 unspecified atom stereocenters. The normalized spacial score (nSPS) is 14.7. The number of rotatable bonds is 8. The van der Waals surface area contributed by atoms with Crippen LogP contribution in [0.25, 0.3) is 0 Å².